The van der Waals surface area contributed by atoms with Crippen LogP contribution in [0.15, 0.2) is 35.1 Å². The quantitative estimate of drug-likeness (QED) is 0.544. The summed E-state index contributed by atoms with van der Waals surface area (Å²) >= 11 is 0.874. The third kappa shape index (κ3) is 2.85. The molecule has 0 aliphatic carbocycles. The summed E-state index contributed by atoms with van der Waals surface area (Å²) < 4.78 is 14.4. The molecule has 1 unspecified atom stereocenters. The van der Waals surface area contributed by atoms with Crippen LogP contribution in [-0.4, -0.2) is 16.5 Å². The van der Waals surface area contributed by atoms with Gasteiger partial charge >= 0.3 is 0 Å². The number of nitrogens with one attached hydrogen (secondary N) is 1. The van der Waals surface area contributed by atoms with E-state index < -0.39 is 0 Å². The second kappa shape index (κ2) is 6.55. The summed E-state index contributed by atoms with van der Waals surface area (Å²) in [4.78, 5) is 19.9. The molecule has 27 heavy (non-hydrogen) atoms. The summed E-state index contributed by atoms with van der Waals surface area (Å²) in [7, 11) is 0. The monoisotopic (exact) mass is 381 g/mol. The molecule has 0 aliphatic heterocycles. The van der Waals surface area contributed by atoms with Crippen LogP contribution in [0.5, 0.6) is 0 Å². The number of aryl methyl sites for hydroxylation is 2. The topological polar surface area (TPSA) is 71.8 Å². The Hall–Kier alpha value is -2.57. The minimum Gasteiger partial charge on any atom is -0.330 e. The third-order valence-corrected chi connectivity index (χ3v) is 6.02. The smallest absolute Gasteiger partial charge is 0.266 e. The Kier molecular flexibility index (Phi) is 4.32. The molecule has 6 heteroatoms. The molecule has 0 spiro atoms. The van der Waals surface area contributed by atoms with Crippen LogP contribution >= 0.6 is 11.3 Å². The number of H-pyrrole nitrogens is 1. The molecule has 3 N–H and O–H groups in total. The lowest BCUT2D eigenvalue weighted by molar-refractivity contribution is 0.658. The van der Waals surface area contributed by atoms with Crippen molar-refractivity contribution in [2.45, 2.75) is 26.7 Å². The molecule has 4 nitrogen and oxygen atoms in total. The molecule has 1 aromatic carbocycles. The Morgan fingerprint density at radius 2 is 1.93 bits per heavy atom. The first-order valence-electron chi connectivity index (χ1n) is 8.83. The fraction of sp³-hybridized carbons (Fsp3) is 0.238. The highest BCUT2D eigenvalue weighted by Crippen LogP contribution is 2.37. The van der Waals surface area contributed by atoms with Crippen molar-refractivity contribution < 1.29 is 4.39 Å². The van der Waals surface area contributed by atoms with Crippen LogP contribution in [0.1, 0.15) is 29.8 Å². The number of pyridine rings is 2. The predicted molar refractivity (Wildman–Crippen MR) is 110 cm³/mol. The molecular weight excluding hydrogens is 361 g/mol. The first-order chi connectivity index (χ1) is 12.9. The molecule has 1 atom stereocenters. The van der Waals surface area contributed by atoms with Crippen molar-refractivity contribution in [3.8, 4) is 11.1 Å². The van der Waals surface area contributed by atoms with E-state index in [1.54, 1.807) is 0 Å². The van der Waals surface area contributed by atoms with Gasteiger partial charge in [-0.3, -0.25) is 9.78 Å². The summed E-state index contributed by atoms with van der Waals surface area (Å²) in [5, 5.41) is 1.11. The molecule has 0 amide bonds. The average Bonchev–Trinajstić information content (AvgIpc) is 3.05. The van der Waals surface area contributed by atoms with Gasteiger partial charge < -0.3 is 10.7 Å². The fourth-order valence-electron chi connectivity index (χ4n) is 3.63. The molecule has 0 saturated heterocycles. The van der Waals surface area contributed by atoms with Gasteiger partial charge in [0, 0.05) is 22.0 Å². The van der Waals surface area contributed by atoms with Crippen molar-refractivity contribution in [1.29, 1.82) is 0 Å². The van der Waals surface area contributed by atoms with E-state index >= 15 is 0 Å². The number of aromatic amines is 1. The van der Waals surface area contributed by atoms with Gasteiger partial charge in [0.25, 0.3) is 5.56 Å². The predicted octanol–water partition coefficient (Wildman–Crippen LogP) is 4.62. The number of nitrogens with two attached hydrogens (primary N) is 1. The first kappa shape index (κ1) is 17.8. The summed E-state index contributed by atoms with van der Waals surface area (Å²) in [5.41, 5.74) is 10.8. The first-order valence-corrected chi connectivity index (χ1v) is 9.65. The van der Waals surface area contributed by atoms with E-state index in [0.717, 1.165) is 39.2 Å². The number of thiophene rings is 1. The lowest BCUT2D eigenvalue weighted by Gasteiger charge is -2.15. The van der Waals surface area contributed by atoms with Crippen molar-refractivity contribution in [3.63, 3.8) is 0 Å². The van der Waals surface area contributed by atoms with Crippen LogP contribution in [-0.2, 0) is 0 Å². The SMILES string of the molecule is Cc1nc(C)c2[nH]c(=O)c3sc(F)cc3c2c1-c1ccc(C(C)CN)cc1. The van der Waals surface area contributed by atoms with Gasteiger partial charge in [0.2, 0.25) is 0 Å². The van der Waals surface area contributed by atoms with Crippen LogP contribution in [0.4, 0.5) is 4.39 Å². The zero-order valence-corrected chi connectivity index (χ0v) is 16.2. The van der Waals surface area contributed by atoms with Gasteiger partial charge in [0.1, 0.15) is 4.70 Å². The van der Waals surface area contributed by atoms with E-state index in [9.17, 15) is 9.18 Å². The van der Waals surface area contributed by atoms with Gasteiger partial charge in [-0.1, -0.05) is 31.2 Å². The van der Waals surface area contributed by atoms with Crippen molar-refractivity contribution in [2.75, 3.05) is 6.54 Å². The molecule has 0 radical (unpaired) electrons. The molecule has 0 aliphatic rings. The number of benzene rings is 1. The van der Waals surface area contributed by atoms with Gasteiger partial charge in [-0.2, -0.15) is 4.39 Å². The van der Waals surface area contributed by atoms with E-state index in [1.807, 2.05) is 26.0 Å². The van der Waals surface area contributed by atoms with Crippen molar-refractivity contribution in [2.24, 2.45) is 5.73 Å². The Morgan fingerprint density at radius 3 is 2.59 bits per heavy atom. The molecular formula is C21H20FN3OS. The lowest BCUT2D eigenvalue weighted by Crippen LogP contribution is -2.09. The van der Waals surface area contributed by atoms with Crippen molar-refractivity contribution in [1.82, 2.24) is 9.97 Å². The van der Waals surface area contributed by atoms with Gasteiger partial charge in [0.15, 0.2) is 5.13 Å². The largest absolute Gasteiger partial charge is 0.330 e. The molecule has 0 saturated carbocycles. The van der Waals surface area contributed by atoms with E-state index in [-0.39, 0.29) is 16.6 Å². The van der Waals surface area contributed by atoms with Gasteiger partial charge in [-0.05, 0) is 43.5 Å². The molecule has 0 fully saturated rings. The van der Waals surface area contributed by atoms with Gasteiger partial charge in [-0.25, -0.2) is 0 Å². The van der Waals surface area contributed by atoms with Crippen molar-refractivity contribution >= 4 is 32.3 Å². The molecule has 3 heterocycles. The van der Waals surface area contributed by atoms with Gasteiger partial charge in [-0.15, -0.1) is 11.3 Å². The maximum Gasteiger partial charge on any atom is 0.266 e. The summed E-state index contributed by atoms with van der Waals surface area (Å²) in [6.07, 6.45) is 0. The zero-order chi connectivity index (χ0) is 19.3. The van der Waals surface area contributed by atoms with Crippen LogP contribution in [0.2, 0.25) is 0 Å². The maximum atomic E-state index is 14.0. The summed E-state index contributed by atoms with van der Waals surface area (Å²) in [6.45, 7) is 6.47. The molecule has 4 rings (SSSR count). The highest BCUT2D eigenvalue weighted by molar-refractivity contribution is 7.17. The second-order valence-corrected chi connectivity index (χ2v) is 7.92. The highest BCUT2D eigenvalue weighted by Gasteiger charge is 2.18. The fourth-order valence-corrected chi connectivity index (χ4v) is 4.41. The van der Waals surface area contributed by atoms with Crippen LogP contribution in [0.3, 0.4) is 0 Å². The number of halogens is 1. The summed E-state index contributed by atoms with van der Waals surface area (Å²) in [5.74, 6) is 0.280. The molecule has 0 bridgehead atoms. The summed E-state index contributed by atoms with van der Waals surface area (Å²) in [6, 6.07) is 9.66. The van der Waals surface area contributed by atoms with E-state index in [4.69, 9.17) is 5.73 Å². The Morgan fingerprint density at radius 1 is 1.22 bits per heavy atom. The average molecular weight is 381 g/mol. The van der Waals surface area contributed by atoms with Crippen molar-refractivity contribution in [3.05, 3.63) is 62.8 Å². The van der Waals surface area contributed by atoms with Crippen LogP contribution in [0.25, 0.3) is 32.1 Å². The highest BCUT2D eigenvalue weighted by atomic mass is 32.1. The standard InChI is InChI=1S/C21H20FN3OS/c1-10(9-23)13-4-6-14(7-5-13)17-11(2)24-12(3)19-18(17)15-8-16(22)27-20(15)21(26)25-19/h4-8,10H,9,23H2,1-3H3,(H,25,26). The third-order valence-electron chi connectivity index (χ3n) is 5.10. The molecule has 3 aromatic heterocycles. The Balaban J connectivity index is 2.08. The van der Waals surface area contributed by atoms with E-state index in [0.29, 0.717) is 22.1 Å². The van der Waals surface area contributed by atoms with Gasteiger partial charge in [0.05, 0.1) is 11.2 Å². The van der Waals surface area contributed by atoms with E-state index in [1.165, 1.54) is 11.6 Å². The molecule has 4 aromatic rings. The van der Waals surface area contributed by atoms with E-state index in [2.05, 4.69) is 29.0 Å². The lowest BCUT2D eigenvalue weighted by atomic mass is 9.94. The Labute approximate surface area is 159 Å². The normalized spacial score (nSPS) is 12.8. The number of hydrogen-bond donors (Lipinski definition) is 2. The number of nitrogens with zero attached hydrogens (tertiary/aromatic N) is 1. The van der Waals surface area contributed by atoms with Crippen LogP contribution in [0, 0.1) is 19.0 Å². The second-order valence-electron chi connectivity index (χ2n) is 6.91. The number of hydrogen-bond acceptors (Lipinski definition) is 4. The Bertz CT molecular complexity index is 1220. The minimum absolute atomic E-state index is 0.279. The van der Waals surface area contributed by atoms with Crippen LogP contribution < -0.4 is 11.3 Å². The number of aromatic nitrogens is 2. The maximum absolute atomic E-state index is 14.0. The zero-order valence-electron chi connectivity index (χ0n) is 15.4. The minimum atomic E-state index is -0.367. The molecule has 138 valence electrons. The number of fused-ring (bicyclic) bond motifs is 3. The number of rotatable bonds is 3.